The van der Waals surface area contributed by atoms with E-state index >= 15 is 0 Å². The Hall–Kier alpha value is -3.45. The molecule has 0 fully saturated rings. The summed E-state index contributed by atoms with van der Waals surface area (Å²) in [5, 5.41) is 16.5. The van der Waals surface area contributed by atoms with Crippen LogP contribution in [0.4, 0.5) is 5.69 Å². The fraction of sp³-hybridized carbons (Fsp3) is 0.143. The summed E-state index contributed by atoms with van der Waals surface area (Å²) in [5.41, 5.74) is 4.62. The molecule has 2 heterocycles. The van der Waals surface area contributed by atoms with Crippen molar-refractivity contribution in [2.75, 3.05) is 12.4 Å². The summed E-state index contributed by atoms with van der Waals surface area (Å²) in [6.45, 7) is 3.69. The zero-order chi connectivity index (χ0) is 20.5. The Bertz CT molecular complexity index is 1200. The van der Waals surface area contributed by atoms with E-state index < -0.39 is 0 Å². The van der Waals surface area contributed by atoms with Crippen molar-refractivity contribution < 1.29 is 9.53 Å². The lowest BCUT2D eigenvalue weighted by Gasteiger charge is -2.08. The van der Waals surface area contributed by atoms with Crippen LogP contribution in [-0.2, 0) is 0 Å². The van der Waals surface area contributed by atoms with Crippen molar-refractivity contribution in [1.82, 2.24) is 19.8 Å². The average Bonchev–Trinajstić information content (AvgIpc) is 3.06. The SMILES string of the molecule is COc1ccc(NC(=O)c2nnc3c(-c4ccc(Cl)cc4)c(C)nn3c2C)cc1. The second-order valence-corrected chi connectivity index (χ2v) is 6.96. The summed E-state index contributed by atoms with van der Waals surface area (Å²) in [5.74, 6) is 0.352. The van der Waals surface area contributed by atoms with Gasteiger partial charge in [-0.15, -0.1) is 10.2 Å². The van der Waals surface area contributed by atoms with Gasteiger partial charge in [-0.05, 0) is 55.8 Å². The number of anilines is 1. The number of rotatable bonds is 4. The highest BCUT2D eigenvalue weighted by molar-refractivity contribution is 6.30. The number of nitrogens with zero attached hydrogens (tertiary/aromatic N) is 4. The van der Waals surface area contributed by atoms with Gasteiger partial charge in [0.05, 0.1) is 24.1 Å². The maximum Gasteiger partial charge on any atom is 0.278 e. The van der Waals surface area contributed by atoms with Gasteiger partial charge < -0.3 is 10.1 Å². The van der Waals surface area contributed by atoms with Crippen molar-refractivity contribution in [1.29, 1.82) is 0 Å². The Morgan fingerprint density at radius 2 is 1.72 bits per heavy atom. The van der Waals surface area contributed by atoms with Gasteiger partial charge in [0.2, 0.25) is 0 Å². The van der Waals surface area contributed by atoms with Gasteiger partial charge in [-0.1, -0.05) is 23.7 Å². The molecule has 1 amide bonds. The number of nitrogens with one attached hydrogen (secondary N) is 1. The Morgan fingerprint density at radius 3 is 2.38 bits per heavy atom. The first-order chi connectivity index (χ1) is 14.0. The van der Waals surface area contributed by atoms with Crippen LogP contribution >= 0.6 is 11.6 Å². The molecule has 0 aliphatic carbocycles. The number of hydrogen-bond acceptors (Lipinski definition) is 5. The summed E-state index contributed by atoms with van der Waals surface area (Å²) in [7, 11) is 1.59. The Morgan fingerprint density at radius 1 is 1.03 bits per heavy atom. The molecule has 0 atom stereocenters. The van der Waals surface area contributed by atoms with Crippen molar-refractivity contribution in [3.8, 4) is 16.9 Å². The lowest BCUT2D eigenvalue weighted by Crippen LogP contribution is -2.18. The van der Waals surface area contributed by atoms with Crippen LogP contribution in [0.2, 0.25) is 5.02 Å². The average molecular weight is 408 g/mol. The molecule has 0 spiro atoms. The largest absolute Gasteiger partial charge is 0.497 e. The van der Waals surface area contributed by atoms with E-state index in [2.05, 4.69) is 20.6 Å². The number of amides is 1. The third kappa shape index (κ3) is 3.52. The first-order valence-corrected chi connectivity index (χ1v) is 9.29. The molecule has 0 saturated heterocycles. The van der Waals surface area contributed by atoms with Crippen molar-refractivity contribution in [3.05, 3.63) is 70.6 Å². The first-order valence-electron chi connectivity index (χ1n) is 8.92. The fourth-order valence-electron chi connectivity index (χ4n) is 3.14. The Balaban J connectivity index is 1.70. The zero-order valence-corrected chi connectivity index (χ0v) is 16.9. The molecule has 2 aromatic heterocycles. The van der Waals surface area contributed by atoms with Crippen molar-refractivity contribution in [3.63, 3.8) is 0 Å². The van der Waals surface area contributed by atoms with Gasteiger partial charge in [0.25, 0.3) is 5.91 Å². The molecule has 1 N–H and O–H groups in total. The molecule has 0 bridgehead atoms. The highest BCUT2D eigenvalue weighted by atomic mass is 35.5. The standard InChI is InChI=1S/C21H18ClN5O2/c1-12-18(14-4-6-15(22)7-5-14)20-25-24-19(13(2)27(20)26-12)21(28)23-16-8-10-17(29-3)11-9-16/h4-11H,1-3H3,(H,23,28). The van der Waals surface area contributed by atoms with E-state index in [-0.39, 0.29) is 11.6 Å². The number of carbonyl (C=O) groups excluding carboxylic acids is 1. The van der Waals surface area contributed by atoms with E-state index in [0.29, 0.717) is 27.8 Å². The van der Waals surface area contributed by atoms with Crippen molar-refractivity contribution in [2.45, 2.75) is 13.8 Å². The van der Waals surface area contributed by atoms with E-state index in [0.717, 1.165) is 16.8 Å². The van der Waals surface area contributed by atoms with Crippen molar-refractivity contribution in [2.24, 2.45) is 0 Å². The highest BCUT2D eigenvalue weighted by Crippen LogP contribution is 2.28. The molecule has 8 heteroatoms. The van der Waals surface area contributed by atoms with E-state index in [1.165, 1.54) is 0 Å². The second kappa shape index (κ2) is 7.52. The van der Waals surface area contributed by atoms with Gasteiger partial charge in [-0.25, -0.2) is 4.52 Å². The molecule has 7 nitrogen and oxygen atoms in total. The predicted molar refractivity (Wildman–Crippen MR) is 112 cm³/mol. The lowest BCUT2D eigenvalue weighted by molar-refractivity contribution is 0.102. The first kappa shape index (κ1) is 18.9. The molecular formula is C21H18ClN5O2. The van der Waals surface area contributed by atoms with E-state index in [4.69, 9.17) is 16.3 Å². The van der Waals surface area contributed by atoms with Crippen LogP contribution in [0.15, 0.2) is 48.5 Å². The minimum atomic E-state index is -0.358. The number of fused-ring (bicyclic) bond motifs is 1. The van der Waals surface area contributed by atoms with Gasteiger partial charge in [0.1, 0.15) is 5.75 Å². The zero-order valence-electron chi connectivity index (χ0n) is 16.1. The molecule has 2 aromatic carbocycles. The molecular weight excluding hydrogens is 390 g/mol. The van der Waals surface area contributed by atoms with Crippen LogP contribution < -0.4 is 10.1 Å². The third-order valence-corrected chi connectivity index (χ3v) is 4.89. The normalized spacial score (nSPS) is 10.9. The summed E-state index contributed by atoms with van der Waals surface area (Å²) >= 11 is 6.00. The molecule has 0 unspecified atom stereocenters. The molecule has 0 aliphatic heterocycles. The van der Waals surface area contributed by atoms with Crippen LogP contribution in [0.5, 0.6) is 5.75 Å². The molecule has 4 aromatic rings. The number of aryl methyl sites for hydroxylation is 2. The molecule has 0 radical (unpaired) electrons. The topological polar surface area (TPSA) is 81.4 Å². The smallest absolute Gasteiger partial charge is 0.278 e. The van der Waals surface area contributed by atoms with Gasteiger partial charge in [0, 0.05) is 10.7 Å². The highest BCUT2D eigenvalue weighted by Gasteiger charge is 2.20. The number of ether oxygens (including phenoxy) is 1. The second-order valence-electron chi connectivity index (χ2n) is 6.52. The van der Waals surface area contributed by atoms with Crippen LogP contribution in [0.1, 0.15) is 21.9 Å². The number of carbonyl (C=O) groups is 1. The van der Waals surface area contributed by atoms with Gasteiger partial charge in [-0.2, -0.15) is 5.10 Å². The van der Waals surface area contributed by atoms with E-state index in [9.17, 15) is 4.79 Å². The lowest BCUT2D eigenvalue weighted by atomic mass is 10.1. The quantitative estimate of drug-likeness (QED) is 0.544. The Kier molecular flexibility index (Phi) is 4.90. The van der Waals surface area contributed by atoms with Gasteiger partial charge >= 0.3 is 0 Å². The van der Waals surface area contributed by atoms with Crippen LogP contribution in [0, 0.1) is 13.8 Å². The minimum Gasteiger partial charge on any atom is -0.497 e. The number of halogens is 1. The summed E-state index contributed by atoms with van der Waals surface area (Å²) in [4.78, 5) is 12.7. The van der Waals surface area contributed by atoms with Crippen LogP contribution in [0.25, 0.3) is 16.8 Å². The number of aromatic nitrogens is 4. The number of benzene rings is 2. The summed E-state index contributed by atoms with van der Waals surface area (Å²) < 4.78 is 6.78. The van der Waals surface area contributed by atoms with Gasteiger partial charge in [-0.3, -0.25) is 4.79 Å². The fourth-order valence-corrected chi connectivity index (χ4v) is 3.27. The predicted octanol–water partition coefficient (Wildman–Crippen LogP) is 4.32. The van der Waals surface area contributed by atoms with Crippen molar-refractivity contribution >= 4 is 28.8 Å². The third-order valence-electron chi connectivity index (χ3n) is 4.64. The van der Waals surface area contributed by atoms with E-state index in [1.54, 1.807) is 42.8 Å². The number of hydrogen-bond donors (Lipinski definition) is 1. The van der Waals surface area contributed by atoms with Gasteiger partial charge in [0.15, 0.2) is 11.3 Å². The molecule has 0 aliphatic rings. The van der Waals surface area contributed by atoms with E-state index in [1.807, 2.05) is 31.2 Å². The minimum absolute atomic E-state index is 0.207. The monoisotopic (exact) mass is 407 g/mol. The summed E-state index contributed by atoms with van der Waals surface area (Å²) in [6.07, 6.45) is 0. The number of methoxy groups -OCH3 is 1. The van der Waals surface area contributed by atoms with Crippen LogP contribution in [0.3, 0.4) is 0 Å². The molecule has 29 heavy (non-hydrogen) atoms. The maximum absolute atomic E-state index is 12.7. The maximum atomic E-state index is 12.7. The Labute approximate surface area is 172 Å². The molecule has 146 valence electrons. The summed E-state index contributed by atoms with van der Waals surface area (Å²) in [6, 6.07) is 14.5. The molecule has 4 rings (SSSR count). The molecule has 0 saturated carbocycles. The van der Waals surface area contributed by atoms with Crippen LogP contribution in [-0.4, -0.2) is 32.8 Å².